The zero-order valence-corrected chi connectivity index (χ0v) is 13.1. The lowest BCUT2D eigenvalue weighted by Gasteiger charge is -2.10. The van der Waals surface area contributed by atoms with E-state index in [2.05, 4.69) is 5.32 Å². The van der Waals surface area contributed by atoms with Gasteiger partial charge in [0.15, 0.2) is 0 Å². The third kappa shape index (κ3) is 4.98. The summed E-state index contributed by atoms with van der Waals surface area (Å²) in [7, 11) is 1.58. The quantitative estimate of drug-likeness (QED) is 0.637. The van der Waals surface area contributed by atoms with Crippen molar-refractivity contribution in [2.24, 2.45) is 0 Å². The highest BCUT2D eigenvalue weighted by atomic mass is 35.7. The molecule has 21 heavy (non-hydrogen) atoms. The van der Waals surface area contributed by atoms with E-state index in [0.717, 1.165) is 31.2 Å². The molecule has 7 heteroatoms. The van der Waals surface area contributed by atoms with E-state index in [4.69, 9.17) is 15.4 Å². The summed E-state index contributed by atoms with van der Waals surface area (Å²) in [6, 6.07) is 6.44. The van der Waals surface area contributed by atoms with Crippen LogP contribution in [0.5, 0.6) is 0 Å². The number of halogens is 1. The third-order valence-electron chi connectivity index (χ3n) is 3.37. The Morgan fingerprint density at radius 3 is 2.62 bits per heavy atom. The number of carbonyl (C=O) groups is 1. The summed E-state index contributed by atoms with van der Waals surface area (Å²) >= 11 is 0. The van der Waals surface area contributed by atoms with E-state index in [0.29, 0.717) is 13.2 Å². The van der Waals surface area contributed by atoms with Crippen molar-refractivity contribution in [2.75, 3.05) is 13.2 Å². The van der Waals surface area contributed by atoms with Crippen LogP contribution < -0.4 is 5.32 Å². The summed E-state index contributed by atoms with van der Waals surface area (Å²) in [5.41, 5.74) is 1.01. The number of ether oxygens (including phenoxy) is 1. The molecule has 1 fully saturated rings. The van der Waals surface area contributed by atoms with E-state index >= 15 is 0 Å². The monoisotopic (exact) mass is 331 g/mol. The van der Waals surface area contributed by atoms with Gasteiger partial charge in [-0.1, -0.05) is 12.1 Å². The molecule has 1 N–H and O–H groups in total. The Hall–Kier alpha value is -1.11. The minimum atomic E-state index is -3.66. The zero-order valence-electron chi connectivity index (χ0n) is 11.5. The summed E-state index contributed by atoms with van der Waals surface area (Å²) < 4.78 is 27.5. The molecule has 0 radical (unpaired) electrons. The number of benzene rings is 1. The van der Waals surface area contributed by atoms with E-state index in [1.165, 1.54) is 12.1 Å². The van der Waals surface area contributed by atoms with Crippen LogP contribution in [0.2, 0.25) is 0 Å². The number of aryl methyl sites for hydroxylation is 1. The molecule has 1 aromatic rings. The Bertz CT molecular complexity index is 579. The summed E-state index contributed by atoms with van der Waals surface area (Å²) in [6.07, 6.45) is 2.98. The van der Waals surface area contributed by atoms with E-state index in [1.54, 1.807) is 12.1 Å². The van der Waals surface area contributed by atoms with Gasteiger partial charge in [0.05, 0.1) is 4.90 Å². The molecule has 1 aliphatic heterocycles. The first-order valence-electron chi connectivity index (χ1n) is 6.90. The number of hydrogen-bond donors (Lipinski definition) is 1. The molecule has 0 saturated carbocycles. The Balaban J connectivity index is 1.72. The Morgan fingerprint density at radius 1 is 1.33 bits per heavy atom. The summed E-state index contributed by atoms with van der Waals surface area (Å²) in [6.45, 7) is 1.24. The standard InChI is InChI=1S/C14H18ClNO4S/c15-21(18,19)12-7-5-11(6-8-12)3-1-9-16-14(17)13-4-2-10-20-13/h5-8,13H,1-4,9-10H2,(H,16,17). The Labute approximate surface area is 129 Å². The fourth-order valence-electron chi connectivity index (χ4n) is 2.22. The first kappa shape index (κ1) is 16.3. The molecular weight excluding hydrogens is 314 g/mol. The van der Waals surface area contributed by atoms with Crippen LogP contribution in [0.1, 0.15) is 24.8 Å². The van der Waals surface area contributed by atoms with Gasteiger partial charge in [0.2, 0.25) is 5.91 Å². The molecule has 0 aromatic heterocycles. The molecule has 1 saturated heterocycles. The Morgan fingerprint density at radius 2 is 2.05 bits per heavy atom. The largest absolute Gasteiger partial charge is 0.368 e. The van der Waals surface area contributed by atoms with Crippen LogP contribution in [-0.2, 0) is 25.0 Å². The summed E-state index contributed by atoms with van der Waals surface area (Å²) in [5, 5.41) is 2.85. The van der Waals surface area contributed by atoms with Gasteiger partial charge in [0, 0.05) is 23.8 Å². The van der Waals surface area contributed by atoms with Crippen molar-refractivity contribution in [3.05, 3.63) is 29.8 Å². The average Bonchev–Trinajstić information content (AvgIpc) is 2.97. The molecule has 5 nitrogen and oxygen atoms in total. The number of amides is 1. The van der Waals surface area contributed by atoms with Gasteiger partial charge in [-0.15, -0.1) is 0 Å². The van der Waals surface area contributed by atoms with Crippen LogP contribution >= 0.6 is 10.7 Å². The van der Waals surface area contributed by atoms with Crippen molar-refractivity contribution in [3.8, 4) is 0 Å². The highest BCUT2D eigenvalue weighted by Gasteiger charge is 2.22. The van der Waals surface area contributed by atoms with E-state index < -0.39 is 9.05 Å². The molecule has 1 atom stereocenters. The first-order valence-corrected chi connectivity index (χ1v) is 9.21. The fraction of sp³-hybridized carbons (Fsp3) is 0.500. The fourth-order valence-corrected chi connectivity index (χ4v) is 2.99. The van der Waals surface area contributed by atoms with Crippen molar-refractivity contribution in [1.82, 2.24) is 5.32 Å². The first-order chi connectivity index (χ1) is 9.97. The van der Waals surface area contributed by atoms with Crippen LogP contribution in [0, 0.1) is 0 Å². The van der Waals surface area contributed by atoms with Crippen molar-refractivity contribution in [3.63, 3.8) is 0 Å². The third-order valence-corrected chi connectivity index (χ3v) is 4.74. The topological polar surface area (TPSA) is 72.5 Å². The molecule has 2 rings (SSSR count). The van der Waals surface area contributed by atoms with Gasteiger partial charge in [-0.3, -0.25) is 4.79 Å². The van der Waals surface area contributed by atoms with Crippen molar-refractivity contribution in [1.29, 1.82) is 0 Å². The van der Waals surface area contributed by atoms with Gasteiger partial charge in [-0.2, -0.15) is 0 Å². The lowest BCUT2D eigenvalue weighted by molar-refractivity contribution is -0.130. The number of hydrogen-bond acceptors (Lipinski definition) is 4. The second-order valence-electron chi connectivity index (χ2n) is 4.98. The number of carbonyl (C=O) groups excluding carboxylic acids is 1. The van der Waals surface area contributed by atoms with Crippen molar-refractivity contribution < 1.29 is 17.9 Å². The van der Waals surface area contributed by atoms with Gasteiger partial charge < -0.3 is 10.1 Å². The molecule has 0 spiro atoms. The van der Waals surface area contributed by atoms with Crippen LogP contribution in [0.15, 0.2) is 29.2 Å². The minimum absolute atomic E-state index is 0.0453. The molecule has 1 unspecified atom stereocenters. The van der Waals surface area contributed by atoms with E-state index in [-0.39, 0.29) is 16.9 Å². The molecule has 116 valence electrons. The number of nitrogens with one attached hydrogen (secondary N) is 1. The molecular formula is C14H18ClNO4S. The zero-order chi connectivity index (χ0) is 15.3. The molecule has 0 bridgehead atoms. The highest BCUT2D eigenvalue weighted by Crippen LogP contribution is 2.16. The molecule has 1 aromatic carbocycles. The smallest absolute Gasteiger partial charge is 0.261 e. The maximum absolute atomic E-state index is 11.7. The lowest BCUT2D eigenvalue weighted by Crippen LogP contribution is -2.34. The van der Waals surface area contributed by atoms with Gasteiger partial charge >= 0.3 is 0 Å². The molecule has 1 heterocycles. The lowest BCUT2D eigenvalue weighted by atomic mass is 10.1. The van der Waals surface area contributed by atoms with Gasteiger partial charge in [-0.25, -0.2) is 8.42 Å². The predicted molar refractivity (Wildman–Crippen MR) is 79.8 cm³/mol. The maximum Gasteiger partial charge on any atom is 0.261 e. The minimum Gasteiger partial charge on any atom is -0.368 e. The van der Waals surface area contributed by atoms with Crippen molar-refractivity contribution in [2.45, 2.75) is 36.7 Å². The second kappa shape index (κ2) is 7.24. The van der Waals surface area contributed by atoms with E-state index in [1.807, 2.05) is 0 Å². The Kier molecular flexibility index (Phi) is 5.61. The van der Waals surface area contributed by atoms with Crippen LogP contribution in [0.3, 0.4) is 0 Å². The molecule has 1 amide bonds. The summed E-state index contributed by atoms with van der Waals surface area (Å²) in [5.74, 6) is -0.0453. The van der Waals surface area contributed by atoms with Gasteiger partial charge in [0.25, 0.3) is 9.05 Å². The average molecular weight is 332 g/mol. The maximum atomic E-state index is 11.7. The highest BCUT2D eigenvalue weighted by molar-refractivity contribution is 8.13. The molecule has 0 aliphatic carbocycles. The SMILES string of the molecule is O=C(NCCCc1ccc(S(=O)(=O)Cl)cc1)C1CCCO1. The van der Waals surface area contributed by atoms with E-state index in [9.17, 15) is 13.2 Å². The van der Waals surface area contributed by atoms with Crippen LogP contribution in [0.4, 0.5) is 0 Å². The normalized spacial score (nSPS) is 18.6. The van der Waals surface area contributed by atoms with Gasteiger partial charge in [0.1, 0.15) is 6.10 Å². The van der Waals surface area contributed by atoms with Crippen LogP contribution in [-0.4, -0.2) is 33.6 Å². The van der Waals surface area contributed by atoms with Crippen molar-refractivity contribution >= 4 is 25.6 Å². The second-order valence-corrected chi connectivity index (χ2v) is 7.54. The van der Waals surface area contributed by atoms with Gasteiger partial charge in [-0.05, 0) is 43.4 Å². The molecule has 1 aliphatic rings. The predicted octanol–water partition coefficient (Wildman–Crippen LogP) is 1.84. The number of rotatable bonds is 6. The van der Waals surface area contributed by atoms with Crippen LogP contribution in [0.25, 0.3) is 0 Å². The summed E-state index contributed by atoms with van der Waals surface area (Å²) in [4.78, 5) is 11.8.